The van der Waals surface area contributed by atoms with Gasteiger partial charge in [-0.1, -0.05) is 26.8 Å². The summed E-state index contributed by atoms with van der Waals surface area (Å²) in [6, 6.07) is 5.15. The largest absolute Gasteiger partial charge is 0.338 e. The maximum Gasteiger partial charge on any atom is 0.240 e. The van der Waals surface area contributed by atoms with E-state index in [0.29, 0.717) is 19.5 Å². The van der Waals surface area contributed by atoms with Crippen molar-refractivity contribution < 1.29 is 13.2 Å². The molecule has 0 spiro atoms. The lowest BCUT2D eigenvalue weighted by Gasteiger charge is -2.31. The van der Waals surface area contributed by atoms with Crippen LogP contribution in [0.2, 0.25) is 0 Å². The molecule has 0 bridgehead atoms. The SMILES string of the molecule is CNS(=O)(=O)c1ccc2c(c1)CN(C(=O)CC(C)(C)C)CC2. The van der Waals surface area contributed by atoms with Crippen LogP contribution in [0.5, 0.6) is 0 Å². The number of nitrogens with one attached hydrogen (secondary N) is 1. The second kappa shape index (κ2) is 6.01. The molecule has 0 fully saturated rings. The number of nitrogens with zero attached hydrogens (tertiary/aromatic N) is 1. The first-order chi connectivity index (χ1) is 10.1. The van der Waals surface area contributed by atoms with Gasteiger partial charge in [0.15, 0.2) is 0 Å². The van der Waals surface area contributed by atoms with Crippen molar-refractivity contribution in [3.63, 3.8) is 0 Å². The van der Waals surface area contributed by atoms with Crippen LogP contribution in [0.25, 0.3) is 0 Å². The van der Waals surface area contributed by atoms with Gasteiger partial charge in [-0.15, -0.1) is 0 Å². The zero-order valence-electron chi connectivity index (χ0n) is 13.6. The van der Waals surface area contributed by atoms with Crippen molar-refractivity contribution in [2.24, 2.45) is 5.41 Å². The summed E-state index contributed by atoms with van der Waals surface area (Å²) in [6.45, 7) is 7.30. The molecule has 1 aliphatic heterocycles. The first-order valence-corrected chi connectivity index (χ1v) is 8.94. The summed E-state index contributed by atoms with van der Waals surface area (Å²) < 4.78 is 26.1. The molecule has 1 aliphatic rings. The lowest BCUT2D eigenvalue weighted by molar-refractivity contribution is -0.134. The van der Waals surface area contributed by atoms with Gasteiger partial charge in [0.1, 0.15) is 0 Å². The standard InChI is InChI=1S/C16H24N2O3S/c1-16(2,3)10-15(19)18-8-7-12-5-6-14(9-13(12)11-18)22(20,21)17-4/h5-6,9,17H,7-8,10-11H2,1-4H3. The molecule has 0 aliphatic carbocycles. The van der Waals surface area contributed by atoms with Gasteiger partial charge in [-0.05, 0) is 42.1 Å². The van der Waals surface area contributed by atoms with Gasteiger partial charge in [0.05, 0.1) is 4.90 Å². The minimum atomic E-state index is -3.45. The lowest BCUT2D eigenvalue weighted by Crippen LogP contribution is -2.37. The maximum absolute atomic E-state index is 12.4. The summed E-state index contributed by atoms with van der Waals surface area (Å²) in [4.78, 5) is 14.4. The molecule has 1 amide bonds. The second-order valence-corrected chi connectivity index (χ2v) is 8.83. The smallest absolute Gasteiger partial charge is 0.240 e. The Morgan fingerprint density at radius 2 is 1.95 bits per heavy atom. The summed E-state index contributed by atoms with van der Waals surface area (Å²) in [5.74, 6) is 0.125. The molecule has 0 saturated carbocycles. The van der Waals surface area contributed by atoms with Crippen LogP contribution in [0.4, 0.5) is 0 Å². The number of benzene rings is 1. The van der Waals surface area contributed by atoms with Crippen LogP contribution in [-0.4, -0.2) is 32.8 Å². The Morgan fingerprint density at radius 3 is 2.55 bits per heavy atom. The van der Waals surface area contributed by atoms with Crippen molar-refractivity contribution in [2.45, 2.75) is 45.1 Å². The van der Waals surface area contributed by atoms with Crippen molar-refractivity contribution in [3.8, 4) is 0 Å². The molecule has 0 radical (unpaired) electrons. The van der Waals surface area contributed by atoms with E-state index in [1.165, 1.54) is 7.05 Å². The predicted molar refractivity (Wildman–Crippen MR) is 85.9 cm³/mol. The zero-order chi connectivity index (χ0) is 16.5. The average molecular weight is 324 g/mol. The van der Waals surface area contributed by atoms with E-state index in [1.54, 1.807) is 12.1 Å². The minimum Gasteiger partial charge on any atom is -0.338 e. The van der Waals surface area contributed by atoms with Crippen LogP contribution in [-0.2, 0) is 27.8 Å². The molecule has 0 atom stereocenters. The number of fused-ring (bicyclic) bond motifs is 1. The van der Waals surface area contributed by atoms with Gasteiger partial charge in [-0.3, -0.25) is 4.79 Å². The Labute approximate surface area is 132 Å². The monoisotopic (exact) mass is 324 g/mol. The van der Waals surface area contributed by atoms with Gasteiger partial charge in [0.2, 0.25) is 15.9 Å². The molecular formula is C16H24N2O3S. The van der Waals surface area contributed by atoms with Gasteiger partial charge in [-0.2, -0.15) is 0 Å². The predicted octanol–water partition coefficient (Wildman–Crippen LogP) is 1.92. The quantitative estimate of drug-likeness (QED) is 0.923. The second-order valence-electron chi connectivity index (χ2n) is 6.94. The van der Waals surface area contributed by atoms with Crippen molar-refractivity contribution in [2.75, 3.05) is 13.6 Å². The van der Waals surface area contributed by atoms with Crippen LogP contribution in [0.15, 0.2) is 23.1 Å². The van der Waals surface area contributed by atoms with Gasteiger partial charge in [0.25, 0.3) is 0 Å². The van der Waals surface area contributed by atoms with Crippen LogP contribution in [0.1, 0.15) is 38.3 Å². The van der Waals surface area contributed by atoms with E-state index in [0.717, 1.165) is 17.5 Å². The normalized spacial score (nSPS) is 15.5. The molecule has 0 saturated heterocycles. The highest BCUT2D eigenvalue weighted by Crippen LogP contribution is 2.25. The van der Waals surface area contributed by atoms with Crippen LogP contribution in [0.3, 0.4) is 0 Å². The summed E-state index contributed by atoms with van der Waals surface area (Å²) in [5.41, 5.74) is 1.99. The topological polar surface area (TPSA) is 66.5 Å². The summed E-state index contributed by atoms with van der Waals surface area (Å²) in [5, 5.41) is 0. The van der Waals surface area contributed by atoms with Crippen LogP contribution in [0, 0.1) is 5.41 Å². The third-order valence-corrected chi connectivity index (χ3v) is 5.22. The number of carbonyl (C=O) groups excluding carboxylic acids is 1. The Balaban J connectivity index is 2.22. The molecule has 122 valence electrons. The number of hydrogen-bond donors (Lipinski definition) is 1. The first kappa shape index (κ1) is 17.0. The van der Waals surface area contributed by atoms with Crippen molar-refractivity contribution in [1.82, 2.24) is 9.62 Å². The molecular weight excluding hydrogens is 300 g/mol. The molecule has 1 N–H and O–H groups in total. The van der Waals surface area contributed by atoms with E-state index < -0.39 is 10.0 Å². The average Bonchev–Trinajstić information content (AvgIpc) is 2.44. The third-order valence-electron chi connectivity index (χ3n) is 3.80. The zero-order valence-corrected chi connectivity index (χ0v) is 14.5. The van der Waals surface area contributed by atoms with Crippen molar-refractivity contribution in [1.29, 1.82) is 0 Å². The number of amides is 1. The van der Waals surface area contributed by atoms with Crippen LogP contribution < -0.4 is 4.72 Å². The van der Waals surface area contributed by atoms with Gasteiger partial charge in [-0.25, -0.2) is 13.1 Å². The molecule has 2 rings (SSSR count). The third kappa shape index (κ3) is 3.87. The number of rotatable bonds is 3. The fourth-order valence-corrected chi connectivity index (χ4v) is 3.38. The Bertz CT molecular complexity index is 675. The lowest BCUT2D eigenvalue weighted by atomic mass is 9.91. The fourth-order valence-electron chi connectivity index (χ4n) is 2.60. The van der Waals surface area contributed by atoms with Gasteiger partial charge in [0, 0.05) is 19.5 Å². The highest BCUT2D eigenvalue weighted by molar-refractivity contribution is 7.89. The van der Waals surface area contributed by atoms with E-state index in [2.05, 4.69) is 4.72 Å². The first-order valence-electron chi connectivity index (χ1n) is 7.45. The Kier molecular flexibility index (Phi) is 4.63. The van der Waals surface area contributed by atoms with Gasteiger partial charge < -0.3 is 4.90 Å². The molecule has 6 heteroatoms. The van der Waals surface area contributed by atoms with E-state index in [-0.39, 0.29) is 16.2 Å². The molecule has 1 aromatic rings. The fraction of sp³-hybridized carbons (Fsp3) is 0.562. The highest BCUT2D eigenvalue weighted by atomic mass is 32.2. The molecule has 22 heavy (non-hydrogen) atoms. The van der Waals surface area contributed by atoms with E-state index in [1.807, 2.05) is 31.7 Å². The summed E-state index contributed by atoms with van der Waals surface area (Å²) >= 11 is 0. The highest BCUT2D eigenvalue weighted by Gasteiger charge is 2.25. The van der Waals surface area contributed by atoms with Gasteiger partial charge >= 0.3 is 0 Å². The maximum atomic E-state index is 12.4. The molecule has 0 aromatic heterocycles. The summed E-state index contributed by atoms with van der Waals surface area (Å²) in [7, 11) is -2.05. The molecule has 1 aromatic carbocycles. The van der Waals surface area contributed by atoms with Crippen molar-refractivity contribution >= 4 is 15.9 Å². The van der Waals surface area contributed by atoms with Crippen molar-refractivity contribution in [3.05, 3.63) is 29.3 Å². The van der Waals surface area contributed by atoms with E-state index in [9.17, 15) is 13.2 Å². The minimum absolute atomic E-state index is 0.0469. The van der Waals surface area contributed by atoms with Crippen LogP contribution >= 0.6 is 0 Å². The molecule has 1 heterocycles. The molecule has 0 unspecified atom stereocenters. The molecule has 5 nitrogen and oxygen atoms in total. The summed E-state index contributed by atoms with van der Waals surface area (Å²) in [6.07, 6.45) is 1.27. The number of hydrogen-bond acceptors (Lipinski definition) is 3. The Hall–Kier alpha value is -1.40. The van der Waals surface area contributed by atoms with E-state index >= 15 is 0 Å². The number of carbonyl (C=O) groups is 1. The Morgan fingerprint density at radius 1 is 1.27 bits per heavy atom. The van der Waals surface area contributed by atoms with E-state index in [4.69, 9.17) is 0 Å². The number of sulfonamides is 1.